The van der Waals surface area contributed by atoms with E-state index in [1.54, 1.807) is 0 Å². The minimum absolute atomic E-state index is 0.0136. The number of hydrogen-bond donors (Lipinski definition) is 11. The third-order valence-corrected chi connectivity index (χ3v) is 11.5. The van der Waals surface area contributed by atoms with E-state index in [-0.39, 0.29) is 42.2 Å². The molecule has 3 rings (SSSR count). The first-order chi connectivity index (χ1) is 25.8. The molecule has 3 unspecified atom stereocenters. The summed E-state index contributed by atoms with van der Waals surface area (Å²) in [5, 5.41) is 43.3. The molecule has 1 saturated heterocycles. The number of nitrogens with two attached hydrogens (primary N) is 1. The van der Waals surface area contributed by atoms with Crippen molar-refractivity contribution in [1.29, 1.82) is 0 Å². The number of aliphatic hydroxyl groups excluding tert-OH is 3. The van der Waals surface area contributed by atoms with Crippen molar-refractivity contribution in [1.82, 2.24) is 30.2 Å². The maximum atomic E-state index is 12.6. The van der Waals surface area contributed by atoms with Gasteiger partial charge in [0, 0.05) is 30.7 Å². The Morgan fingerprint density at radius 1 is 1.04 bits per heavy atom. The van der Waals surface area contributed by atoms with Crippen molar-refractivity contribution in [3.8, 4) is 0 Å². The number of nitrogens with zero attached hydrogens (tertiary/aromatic N) is 4. The fraction of sp³-hybridized carbons (Fsp3) is 0.640. The Morgan fingerprint density at radius 3 is 2.34 bits per heavy atom. The molecular formula is C25H40N7O20P3S. The summed E-state index contributed by atoms with van der Waals surface area (Å²) in [5.74, 6) is -3.03. The molecule has 0 saturated carbocycles. The Labute approximate surface area is 319 Å². The Kier molecular flexibility index (Phi) is 16.6. The van der Waals surface area contributed by atoms with Gasteiger partial charge in [-0.15, -0.1) is 0 Å². The van der Waals surface area contributed by atoms with E-state index in [0.29, 0.717) is 11.8 Å². The number of rotatable bonds is 22. The number of amides is 2. The summed E-state index contributed by atoms with van der Waals surface area (Å²) in [7, 11) is -16.5. The predicted molar refractivity (Wildman–Crippen MR) is 185 cm³/mol. The molecule has 0 spiro atoms. The molecule has 1 aliphatic heterocycles. The van der Waals surface area contributed by atoms with Gasteiger partial charge < -0.3 is 61.1 Å². The van der Waals surface area contributed by atoms with Crippen molar-refractivity contribution in [3.63, 3.8) is 0 Å². The van der Waals surface area contributed by atoms with Crippen molar-refractivity contribution in [2.45, 2.75) is 63.4 Å². The Morgan fingerprint density at radius 2 is 1.70 bits per heavy atom. The predicted octanol–water partition coefficient (Wildman–Crippen LogP) is -2.50. The van der Waals surface area contributed by atoms with Crippen LogP contribution in [0.15, 0.2) is 12.7 Å². The molecule has 27 nitrogen and oxygen atoms in total. The number of fused-ring (bicyclic) bond motifs is 1. The number of carbonyl (C=O) groups is 4. The van der Waals surface area contributed by atoms with Gasteiger partial charge in [0.05, 0.1) is 26.0 Å². The molecule has 31 heteroatoms. The second-order valence-corrected chi connectivity index (χ2v) is 17.7. The lowest BCUT2D eigenvalue weighted by molar-refractivity contribution is -0.141. The first-order valence-corrected chi connectivity index (χ1v) is 21.3. The van der Waals surface area contributed by atoms with Crippen molar-refractivity contribution in [2.75, 3.05) is 37.8 Å². The second kappa shape index (κ2) is 19.6. The highest BCUT2D eigenvalue weighted by Crippen LogP contribution is 2.61. The van der Waals surface area contributed by atoms with E-state index < -0.39 is 108 Å². The molecular weight excluding hydrogens is 843 g/mol. The summed E-state index contributed by atoms with van der Waals surface area (Å²) >= 11 is 0.607. The number of nitrogen functional groups attached to an aromatic ring is 1. The van der Waals surface area contributed by atoms with Crippen LogP contribution in [0.25, 0.3) is 11.2 Å². The number of carboxylic acids is 1. The van der Waals surface area contributed by atoms with Gasteiger partial charge >= 0.3 is 29.4 Å². The minimum Gasteiger partial charge on any atom is -0.481 e. The van der Waals surface area contributed by atoms with E-state index in [2.05, 4.69) is 34.4 Å². The normalized spacial score (nSPS) is 22.2. The lowest BCUT2D eigenvalue weighted by atomic mass is 9.87. The quantitative estimate of drug-likeness (QED) is 0.0430. The van der Waals surface area contributed by atoms with Gasteiger partial charge in [-0.05, 0) is 0 Å². The molecule has 1 fully saturated rings. The van der Waals surface area contributed by atoms with Crippen LogP contribution in [-0.4, -0.2) is 145 Å². The molecule has 0 aliphatic carbocycles. The molecule has 0 bridgehead atoms. The SMILES string of the molecule is CC(C)(COP(=O)(O)OP(=O)(O)OC[C@H]1O[C@H](n2cnc3c(N)ncnc32)[C@H](O)[C@@H]1OP(=O)(O)O)[C@@H](O)C(=O)NCCC(=O)NCCSC(=O)C(O)CC(=O)O. The lowest BCUT2D eigenvalue weighted by Gasteiger charge is -2.30. The number of aliphatic hydroxyl groups is 3. The first-order valence-electron chi connectivity index (χ1n) is 15.8. The van der Waals surface area contributed by atoms with Crippen LogP contribution < -0.4 is 16.4 Å². The molecule has 56 heavy (non-hydrogen) atoms. The van der Waals surface area contributed by atoms with Crippen molar-refractivity contribution < 1.29 is 95.5 Å². The Hall–Kier alpha value is -3.01. The average molecular weight is 884 g/mol. The largest absolute Gasteiger partial charge is 0.481 e. The first kappa shape index (κ1) is 47.4. The van der Waals surface area contributed by atoms with E-state index in [0.717, 1.165) is 17.2 Å². The second-order valence-electron chi connectivity index (χ2n) is 12.4. The fourth-order valence-electron chi connectivity index (χ4n) is 4.63. The number of ether oxygens (including phenoxy) is 1. The topological polar surface area (TPSA) is 421 Å². The van der Waals surface area contributed by atoms with Gasteiger partial charge in [-0.1, -0.05) is 25.6 Å². The highest BCUT2D eigenvalue weighted by Gasteiger charge is 2.50. The Bertz CT molecular complexity index is 1880. The van der Waals surface area contributed by atoms with Gasteiger partial charge in [0.15, 0.2) is 17.7 Å². The van der Waals surface area contributed by atoms with Crippen LogP contribution >= 0.6 is 35.2 Å². The van der Waals surface area contributed by atoms with Crippen LogP contribution in [0.2, 0.25) is 0 Å². The molecule has 12 N–H and O–H groups in total. The molecule has 316 valence electrons. The van der Waals surface area contributed by atoms with E-state index >= 15 is 0 Å². The van der Waals surface area contributed by atoms with Gasteiger partial charge in [-0.3, -0.25) is 37.3 Å². The van der Waals surface area contributed by atoms with Gasteiger partial charge in [0.1, 0.15) is 42.4 Å². The standard InChI is InChI=1S/C25H40N7O20P3S/c1-25(2,19(38)22(39)28-4-3-14(34)27-5-6-56-24(40)12(33)7-15(35)36)9-49-55(46,47)52-54(44,45)48-8-13-18(51-53(41,42)43)17(37)23(50-13)32-11-31-16-20(26)29-10-30-21(16)32/h10-13,17-19,23,33,37-38H,3-9H2,1-2H3,(H,27,34)(H,28,39)(H,35,36)(H,44,45)(H,46,47)(H2,26,29,30)(H2,41,42,43)/t12?,13-,17-,18-,19+,23+/m1/s1. The lowest BCUT2D eigenvalue weighted by Crippen LogP contribution is -2.46. The molecule has 2 aromatic heterocycles. The van der Waals surface area contributed by atoms with Crippen molar-refractivity contribution in [2.24, 2.45) is 5.41 Å². The van der Waals surface area contributed by atoms with Gasteiger partial charge in [-0.2, -0.15) is 4.31 Å². The van der Waals surface area contributed by atoms with E-state index in [1.807, 2.05) is 0 Å². The number of hydrogen-bond acceptors (Lipinski definition) is 20. The summed E-state index contributed by atoms with van der Waals surface area (Å²) in [6.45, 7) is -0.0112. The highest BCUT2D eigenvalue weighted by atomic mass is 32.2. The summed E-state index contributed by atoms with van der Waals surface area (Å²) in [6, 6.07) is 0. The van der Waals surface area contributed by atoms with Gasteiger partial charge in [0.25, 0.3) is 0 Å². The molecule has 8 atom stereocenters. The summed E-state index contributed by atoms with van der Waals surface area (Å²) in [4.78, 5) is 97.5. The maximum absolute atomic E-state index is 12.6. The van der Waals surface area contributed by atoms with Crippen LogP contribution in [0.4, 0.5) is 5.82 Å². The van der Waals surface area contributed by atoms with Crippen LogP contribution in [0.5, 0.6) is 0 Å². The molecule has 0 aromatic carbocycles. The zero-order valence-electron chi connectivity index (χ0n) is 29.2. The number of thioether (sulfide) groups is 1. The molecule has 0 radical (unpaired) electrons. The number of aliphatic carboxylic acids is 1. The van der Waals surface area contributed by atoms with Crippen LogP contribution in [0, 0.1) is 5.41 Å². The molecule has 2 amide bonds. The van der Waals surface area contributed by atoms with Crippen molar-refractivity contribution >= 4 is 75.1 Å². The highest BCUT2D eigenvalue weighted by molar-refractivity contribution is 8.13. The summed E-state index contributed by atoms with van der Waals surface area (Å²) in [5.41, 5.74) is 4.16. The van der Waals surface area contributed by atoms with Crippen LogP contribution in [0.3, 0.4) is 0 Å². The number of carboxylic acid groups (broad SMARTS) is 1. The van der Waals surface area contributed by atoms with E-state index in [1.165, 1.54) is 13.8 Å². The zero-order valence-corrected chi connectivity index (χ0v) is 32.7. The monoisotopic (exact) mass is 883 g/mol. The molecule has 3 heterocycles. The third-order valence-electron chi connectivity index (χ3n) is 7.39. The number of phosphoric ester groups is 3. The number of nitrogens with one attached hydrogen (secondary N) is 2. The summed E-state index contributed by atoms with van der Waals surface area (Å²) in [6.07, 6.45) is -9.68. The maximum Gasteiger partial charge on any atom is 0.481 e. The van der Waals surface area contributed by atoms with Crippen LogP contribution in [0.1, 0.15) is 32.9 Å². The van der Waals surface area contributed by atoms with Crippen LogP contribution in [-0.2, 0) is 55.5 Å². The van der Waals surface area contributed by atoms with Crippen molar-refractivity contribution in [3.05, 3.63) is 12.7 Å². The van der Waals surface area contributed by atoms with E-state index in [4.69, 9.17) is 24.6 Å². The third kappa shape index (κ3) is 14.1. The zero-order chi connectivity index (χ0) is 42.2. The molecule has 1 aliphatic rings. The molecule has 2 aromatic rings. The number of aromatic nitrogens is 4. The van der Waals surface area contributed by atoms with Gasteiger partial charge in [0.2, 0.25) is 16.9 Å². The number of imidazole rings is 1. The summed E-state index contributed by atoms with van der Waals surface area (Å²) < 4.78 is 61.9. The van der Waals surface area contributed by atoms with Gasteiger partial charge in [-0.25, -0.2) is 28.6 Å². The number of phosphoric acid groups is 3. The van der Waals surface area contributed by atoms with E-state index in [9.17, 15) is 67.8 Å². The number of anilines is 1. The smallest absolute Gasteiger partial charge is 0.481 e. The average Bonchev–Trinajstić information content (AvgIpc) is 3.64. The number of carbonyl (C=O) groups excluding carboxylic acids is 3. The Balaban J connectivity index is 1.49. The fourth-order valence-corrected chi connectivity index (χ4v) is 8.14. The minimum atomic E-state index is -5.60.